The molecule has 5 nitrogen and oxygen atoms in total. The van der Waals surface area contributed by atoms with Crippen molar-refractivity contribution in [2.24, 2.45) is 0 Å². The first-order valence-electron chi connectivity index (χ1n) is 9.31. The molecule has 0 spiro atoms. The first-order chi connectivity index (χ1) is 14.9. The molecule has 8 heteroatoms. The van der Waals surface area contributed by atoms with E-state index in [0.717, 1.165) is 4.88 Å². The molecule has 0 saturated carbocycles. The molecule has 0 bridgehead atoms. The van der Waals surface area contributed by atoms with Crippen molar-refractivity contribution >= 4 is 52.0 Å². The van der Waals surface area contributed by atoms with Crippen molar-refractivity contribution in [3.63, 3.8) is 0 Å². The number of hydrogen-bond donors (Lipinski definition) is 1. The number of aliphatic hydroxyl groups is 1. The molecule has 1 aliphatic heterocycles. The lowest BCUT2D eigenvalue weighted by molar-refractivity contribution is -0.140. The van der Waals surface area contributed by atoms with Gasteiger partial charge in [-0.3, -0.25) is 9.59 Å². The van der Waals surface area contributed by atoms with Gasteiger partial charge in [0, 0.05) is 26.0 Å². The highest BCUT2D eigenvalue weighted by Crippen LogP contribution is 2.45. The van der Waals surface area contributed by atoms with Crippen LogP contribution in [0.25, 0.3) is 5.76 Å². The maximum Gasteiger partial charge on any atom is 0.295 e. The summed E-state index contributed by atoms with van der Waals surface area (Å²) in [6.45, 7) is 0.188. The number of thiophene rings is 1. The van der Waals surface area contributed by atoms with Crippen LogP contribution in [0.4, 0.5) is 0 Å². The zero-order valence-electron chi connectivity index (χ0n) is 16.3. The standard InChI is InChI=1S/C23H17Cl2NO4S/c1-30-14-9-7-13(8-10-14)21(27)19-20(18-16(24)5-2-6-17(18)25)26(23(29)22(19)28)12-15-4-3-11-31-15/h2-11,20,27H,12H2,1H3/b21-19+. The van der Waals surface area contributed by atoms with Crippen LogP contribution in [0.15, 0.2) is 65.6 Å². The smallest absolute Gasteiger partial charge is 0.295 e. The first kappa shape index (κ1) is 21.4. The van der Waals surface area contributed by atoms with Gasteiger partial charge in [0.05, 0.1) is 25.3 Å². The lowest BCUT2D eigenvalue weighted by Crippen LogP contribution is -2.29. The van der Waals surface area contributed by atoms with Crippen LogP contribution in [0.2, 0.25) is 10.0 Å². The zero-order valence-corrected chi connectivity index (χ0v) is 18.7. The van der Waals surface area contributed by atoms with Gasteiger partial charge in [-0.05, 0) is 47.8 Å². The Morgan fingerprint density at radius 1 is 1.06 bits per heavy atom. The number of ether oxygens (including phenoxy) is 1. The summed E-state index contributed by atoms with van der Waals surface area (Å²) in [5.74, 6) is -1.20. The van der Waals surface area contributed by atoms with Crippen LogP contribution < -0.4 is 4.74 Å². The Kier molecular flexibility index (Phi) is 6.05. The lowest BCUT2D eigenvalue weighted by atomic mass is 9.95. The Morgan fingerprint density at radius 3 is 2.32 bits per heavy atom. The number of likely N-dealkylation sites (tertiary alicyclic amines) is 1. The van der Waals surface area contributed by atoms with E-state index < -0.39 is 17.7 Å². The van der Waals surface area contributed by atoms with E-state index in [-0.39, 0.29) is 17.9 Å². The highest BCUT2D eigenvalue weighted by atomic mass is 35.5. The number of Topliss-reactive ketones (excluding diaryl/α,β-unsaturated/α-hetero) is 1. The van der Waals surface area contributed by atoms with Gasteiger partial charge in [-0.1, -0.05) is 35.3 Å². The maximum atomic E-state index is 13.1. The number of halogens is 2. The zero-order chi connectivity index (χ0) is 22.1. The third-order valence-electron chi connectivity index (χ3n) is 5.08. The molecule has 0 radical (unpaired) electrons. The molecular weight excluding hydrogens is 457 g/mol. The van der Waals surface area contributed by atoms with E-state index in [2.05, 4.69) is 0 Å². The SMILES string of the molecule is COc1ccc(/C(O)=C2\C(=O)C(=O)N(Cc3cccs3)C2c2c(Cl)cccc2Cl)cc1. The minimum atomic E-state index is -0.926. The van der Waals surface area contributed by atoms with Crippen LogP contribution >= 0.6 is 34.5 Å². The summed E-state index contributed by atoms with van der Waals surface area (Å²) in [7, 11) is 1.53. The third kappa shape index (κ3) is 3.94. The molecule has 0 aliphatic carbocycles. The predicted octanol–water partition coefficient (Wildman–Crippen LogP) is 5.69. The summed E-state index contributed by atoms with van der Waals surface area (Å²) in [6, 6.07) is 14.3. The van der Waals surface area contributed by atoms with Gasteiger partial charge < -0.3 is 14.7 Å². The molecule has 4 rings (SSSR count). The van der Waals surface area contributed by atoms with Gasteiger partial charge in [-0.15, -0.1) is 11.3 Å². The molecule has 1 aromatic heterocycles. The van der Waals surface area contributed by atoms with Gasteiger partial charge in [0.25, 0.3) is 11.7 Å². The number of carbonyl (C=O) groups is 2. The number of ketones is 1. The normalized spacial score (nSPS) is 17.9. The molecule has 2 aromatic carbocycles. The molecule has 3 aromatic rings. The molecule has 1 atom stereocenters. The van der Waals surface area contributed by atoms with Crippen LogP contribution in [0.5, 0.6) is 5.75 Å². The number of hydrogen-bond acceptors (Lipinski definition) is 5. The van der Waals surface area contributed by atoms with Crippen LogP contribution in [0.1, 0.15) is 22.0 Å². The summed E-state index contributed by atoms with van der Waals surface area (Å²) < 4.78 is 5.15. The van der Waals surface area contributed by atoms with Crippen LogP contribution in [-0.2, 0) is 16.1 Å². The Morgan fingerprint density at radius 2 is 1.74 bits per heavy atom. The van der Waals surface area contributed by atoms with E-state index in [1.54, 1.807) is 42.5 Å². The van der Waals surface area contributed by atoms with E-state index in [1.807, 2.05) is 17.5 Å². The molecule has 2 heterocycles. The van der Waals surface area contributed by atoms with Crippen molar-refractivity contribution in [2.75, 3.05) is 7.11 Å². The number of rotatable bonds is 5. The topological polar surface area (TPSA) is 66.8 Å². The Hall–Kier alpha value is -2.80. The second-order valence-corrected chi connectivity index (χ2v) is 8.72. The molecule has 1 saturated heterocycles. The minimum absolute atomic E-state index is 0.0540. The van der Waals surface area contributed by atoms with Gasteiger partial charge in [0.15, 0.2) is 0 Å². The van der Waals surface area contributed by atoms with E-state index in [9.17, 15) is 14.7 Å². The lowest BCUT2D eigenvalue weighted by Gasteiger charge is -2.26. The number of methoxy groups -OCH3 is 1. The number of amides is 1. The van der Waals surface area contributed by atoms with Crippen LogP contribution in [0, 0.1) is 0 Å². The largest absolute Gasteiger partial charge is 0.507 e. The fraction of sp³-hybridized carbons (Fsp3) is 0.130. The van der Waals surface area contributed by atoms with Crippen molar-refractivity contribution in [3.8, 4) is 5.75 Å². The highest BCUT2D eigenvalue weighted by Gasteiger charge is 2.47. The number of carbonyl (C=O) groups excluding carboxylic acids is 2. The predicted molar refractivity (Wildman–Crippen MR) is 122 cm³/mol. The summed E-state index contributed by atoms with van der Waals surface area (Å²) in [4.78, 5) is 28.4. The molecule has 1 amide bonds. The number of benzene rings is 2. The van der Waals surface area contributed by atoms with E-state index in [1.165, 1.54) is 23.3 Å². The van der Waals surface area contributed by atoms with Crippen molar-refractivity contribution in [1.82, 2.24) is 4.90 Å². The second-order valence-electron chi connectivity index (χ2n) is 6.87. The quantitative estimate of drug-likeness (QED) is 0.293. The molecule has 158 valence electrons. The molecule has 1 aliphatic rings. The van der Waals surface area contributed by atoms with Gasteiger partial charge in [0.2, 0.25) is 0 Å². The Labute approximate surface area is 193 Å². The average molecular weight is 474 g/mol. The third-order valence-corrected chi connectivity index (χ3v) is 6.60. The second kappa shape index (κ2) is 8.75. The fourth-order valence-electron chi connectivity index (χ4n) is 3.59. The number of nitrogens with zero attached hydrogens (tertiary/aromatic N) is 1. The maximum absolute atomic E-state index is 13.1. The Bertz CT molecular complexity index is 1150. The molecular formula is C23H17Cl2NO4S. The minimum Gasteiger partial charge on any atom is -0.507 e. The summed E-state index contributed by atoms with van der Waals surface area (Å²) in [5, 5.41) is 13.6. The molecule has 1 unspecified atom stereocenters. The summed E-state index contributed by atoms with van der Waals surface area (Å²) >= 11 is 14.4. The number of aliphatic hydroxyl groups excluding tert-OH is 1. The van der Waals surface area contributed by atoms with Crippen molar-refractivity contribution < 1.29 is 19.4 Å². The van der Waals surface area contributed by atoms with Crippen molar-refractivity contribution in [3.05, 3.63) is 91.6 Å². The average Bonchev–Trinajstić information content (AvgIpc) is 3.36. The molecule has 31 heavy (non-hydrogen) atoms. The van der Waals surface area contributed by atoms with Gasteiger partial charge in [-0.2, -0.15) is 0 Å². The van der Waals surface area contributed by atoms with Crippen molar-refractivity contribution in [1.29, 1.82) is 0 Å². The monoisotopic (exact) mass is 473 g/mol. The first-order valence-corrected chi connectivity index (χ1v) is 10.9. The molecule has 1 fully saturated rings. The van der Waals surface area contributed by atoms with E-state index in [4.69, 9.17) is 27.9 Å². The van der Waals surface area contributed by atoms with Crippen molar-refractivity contribution in [2.45, 2.75) is 12.6 Å². The van der Waals surface area contributed by atoms with Gasteiger partial charge >= 0.3 is 0 Å². The van der Waals surface area contributed by atoms with Gasteiger partial charge in [0.1, 0.15) is 11.5 Å². The van der Waals surface area contributed by atoms with Crippen LogP contribution in [0.3, 0.4) is 0 Å². The summed E-state index contributed by atoms with van der Waals surface area (Å²) in [6.07, 6.45) is 0. The fourth-order valence-corrected chi connectivity index (χ4v) is 4.90. The van der Waals surface area contributed by atoms with E-state index >= 15 is 0 Å². The summed E-state index contributed by atoms with van der Waals surface area (Å²) in [5.41, 5.74) is 0.724. The Balaban J connectivity index is 1.91. The van der Waals surface area contributed by atoms with Gasteiger partial charge in [-0.25, -0.2) is 0 Å². The molecule has 1 N–H and O–H groups in total. The van der Waals surface area contributed by atoms with Crippen LogP contribution in [-0.4, -0.2) is 28.8 Å². The highest BCUT2D eigenvalue weighted by molar-refractivity contribution is 7.09. The van der Waals surface area contributed by atoms with E-state index in [0.29, 0.717) is 26.9 Å².